The molecule has 0 aromatic heterocycles. The van der Waals surface area contributed by atoms with Crippen molar-refractivity contribution >= 4 is 0 Å². The lowest BCUT2D eigenvalue weighted by Gasteiger charge is -2.20. The van der Waals surface area contributed by atoms with Crippen LogP contribution in [-0.2, 0) is 0 Å². The van der Waals surface area contributed by atoms with Crippen molar-refractivity contribution in [2.75, 3.05) is 27.2 Å². The predicted molar refractivity (Wildman–Crippen MR) is 76.1 cm³/mol. The first-order valence-corrected chi connectivity index (χ1v) is 7.10. The highest BCUT2D eigenvalue weighted by Gasteiger charge is 2.02. The summed E-state index contributed by atoms with van der Waals surface area (Å²) in [6.45, 7) is 11.0. The summed E-state index contributed by atoms with van der Waals surface area (Å²) >= 11 is 0. The molecule has 0 spiro atoms. The van der Waals surface area contributed by atoms with Gasteiger partial charge in [0.05, 0.1) is 0 Å². The Hall–Kier alpha value is -0.0800. The molecule has 0 unspecified atom stereocenters. The third kappa shape index (κ3) is 12.0. The highest BCUT2D eigenvalue weighted by Crippen LogP contribution is 2.04. The van der Waals surface area contributed by atoms with Gasteiger partial charge in [-0.2, -0.15) is 0 Å². The zero-order valence-corrected chi connectivity index (χ0v) is 12.5. The van der Waals surface area contributed by atoms with Gasteiger partial charge >= 0.3 is 0 Å². The van der Waals surface area contributed by atoms with Crippen LogP contribution in [0.2, 0.25) is 0 Å². The van der Waals surface area contributed by atoms with E-state index in [1.165, 1.54) is 45.2 Å². The summed E-state index contributed by atoms with van der Waals surface area (Å²) in [6, 6.07) is 0.736. The number of nitrogens with one attached hydrogen (secondary N) is 1. The van der Waals surface area contributed by atoms with E-state index in [4.69, 9.17) is 0 Å². The van der Waals surface area contributed by atoms with Gasteiger partial charge in [0, 0.05) is 6.04 Å². The minimum absolute atomic E-state index is 0.736. The maximum Gasteiger partial charge on any atom is 0.00588 e. The Balaban J connectivity index is 0. The molecule has 0 aromatic rings. The SMILES string of the molecule is CC.CCC(CC)NC.CN1CCCCC1. The van der Waals surface area contributed by atoms with E-state index in [1.807, 2.05) is 20.9 Å². The normalized spacial score (nSPS) is 15.9. The average molecular weight is 230 g/mol. The molecule has 1 fully saturated rings. The van der Waals surface area contributed by atoms with Gasteiger partial charge in [0.2, 0.25) is 0 Å². The molecule has 0 aromatic carbocycles. The second-order valence-electron chi connectivity index (χ2n) is 4.17. The van der Waals surface area contributed by atoms with Crippen molar-refractivity contribution in [2.45, 2.75) is 65.8 Å². The Morgan fingerprint density at radius 1 is 1.00 bits per heavy atom. The fourth-order valence-corrected chi connectivity index (χ4v) is 1.75. The van der Waals surface area contributed by atoms with E-state index < -0.39 is 0 Å². The molecule has 0 aliphatic carbocycles. The van der Waals surface area contributed by atoms with Crippen molar-refractivity contribution in [3.05, 3.63) is 0 Å². The lowest BCUT2D eigenvalue weighted by atomic mass is 10.1. The van der Waals surface area contributed by atoms with Crippen LogP contribution in [0.3, 0.4) is 0 Å². The molecule has 0 atom stereocenters. The highest BCUT2D eigenvalue weighted by molar-refractivity contribution is 4.58. The molecular formula is C14H34N2. The van der Waals surface area contributed by atoms with E-state index in [0.717, 1.165) is 6.04 Å². The fraction of sp³-hybridized carbons (Fsp3) is 1.00. The van der Waals surface area contributed by atoms with Crippen LogP contribution in [0.5, 0.6) is 0 Å². The van der Waals surface area contributed by atoms with E-state index in [9.17, 15) is 0 Å². The molecule has 1 rings (SSSR count). The molecule has 1 N–H and O–H groups in total. The van der Waals surface area contributed by atoms with Crippen molar-refractivity contribution < 1.29 is 0 Å². The summed E-state index contributed by atoms with van der Waals surface area (Å²) in [5.41, 5.74) is 0. The van der Waals surface area contributed by atoms with Gasteiger partial charge in [-0.15, -0.1) is 0 Å². The smallest absolute Gasteiger partial charge is 0.00588 e. The quantitative estimate of drug-likeness (QED) is 0.798. The zero-order chi connectivity index (χ0) is 12.8. The standard InChI is InChI=1S/C6H13N.C6H15N.C2H6/c1-7-5-3-2-4-6-7;1-4-6(5-2)7-3;1-2/h2-6H2,1H3;6-7H,4-5H2,1-3H3;1-2H3. The third-order valence-electron chi connectivity index (χ3n) is 2.97. The van der Waals surface area contributed by atoms with Crippen molar-refractivity contribution in [1.29, 1.82) is 0 Å². The van der Waals surface area contributed by atoms with Gasteiger partial charge in [-0.3, -0.25) is 0 Å². The van der Waals surface area contributed by atoms with Gasteiger partial charge in [0.15, 0.2) is 0 Å². The van der Waals surface area contributed by atoms with Crippen LogP contribution in [0.1, 0.15) is 59.8 Å². The number of nitrogens with zero attached hydrogens (tertiary/aromatic N) is 1. The molecule has 0 bridgehead atoms. The van der Waals surface area contributed by atoms with Crippen LogP contribution >= 0.6 is 0 Å². The molecule has 100 valence electrons. The Kier molecular flexibility index (Phi) is 17.1. The number of hydrogen-bond donors (Lipinski definition) is 1. The number of hydrogen-bond acceptors (Lipinski definition) is 2. The highest BCUT2D eigenvalue weighted by atomic mass is 15.1. The van der Waals surface area contributed by atoms with Gasteiger partial charge in [-0.1, -0.05) is 34.1 Å². The Labute approximate surface area is 104 Å². The molecule has 0 radical (unpaired) electrons. The minimum Gasteiger partial charge on any atom is -0.317 e. The Bertz CT molecular complexity index is 99.8. The van der Waals surface area contributed by atoms with Gasteiger partial charge in [-0.05, 0) is 52.9 Å². The van der Waals surface area contributed by atoms with Gasteiger partial charge in [0.1, 0.15) is 0 Å². The number of likely N-dealkylation sites (tertiary alicyclic amines) is 1. The monoisotopic (exact) mass is 230 g/mol. The van der Waals surface area contributed by atoms with Crippen molar-refractivity contribution in [1.82, 2.24) is 10.2 Å². The van der Waals surface area contributed by atoms with E-state index in [0.29, 0.717) is 0 Å². The van der Waals surface area contributed by atoms with E-state index in [1.54, 1.807) is 0 Å². The molecule has 1 aliphatic heterocycles. The topological polar surface area (TPSA) is 15.3 Å². The predicted octanol–water partition coefficient (Wildman–Crippen LogP) is 3.52. The van der Waals surface area contributed by atoms with Crippen LogP contribution in [0, 0.1) is 0 Å². The van der Waals surface area contributed by atoms with Crippen molar-refractivity contribution in [3.8, 4) is 0 Å². The first-order chi connectivity index (χ1) is 7.74. The first kappa shape index (κ1) is 18.3. The molecule has 1 saturated heterocycles. The molecule has 1 heterocycles. The lowest BCUT2D eigenvalue weighted by Crippen LogP contribution is -2.24. The van der Waals surface area contributed by atoms with Crippen LogP contribution in [0.4, 0.5) is 0 Å². The van der Waals surface area contributed by atoms with Gasteiger partial charge in [-0.25, -0.2) is 0 Å². The van der Waals surface area contributed by atoms with Crippen LogP contribution < -0.4 is 5.32 Å². The largest absolute Gasteiger partial charge is 0.317 e. The molecule has 1 aliphatic rings. The second kappa shape index (κ2) is 14.9. The Morgan fingerprint density at radius 2 is 1.44 bits per heavy atom. The third-order valence-corrected chi connectivity index (χ3v) is 2.97. The van der Waals surface area contributed by atoms with E-state index >= 15 is 0 Å². The second-order valence-corrected chi connectivity index (χ2v) is 4.17. The van der Waals surface area contributed by atoms with Crippen molar-refractivity contribution in [3.63, 3.8) is 0 Å². The summed E-state index contributed by atoms with van der Waals surface area (Å²) < 4.78 is 0. The summed E-state index contributed by atoms with van der Waals surface area (Å²) in [4.78, 5) is 2.39. The van der Waals surface area contributed by atoms with Crippen LogP contribution in [0.25, 0.3) is 0 Å². The fourth-order valence-electron chi connectivity index (χ4n) is 1.75. The van der Waals surface area contributed by atoms with E-state index in [2.05, 4.69) is 31.1 Å². The molecule has 0 saturated carbocycles. The number of rotatable bonds is 3. The van der Waals surface area contributed by atoms with Crippen molar-refractivity contribution in [2.24, 2.45) is 0 Å². The Morgan fingerprint density at radius 3 is 1.56 bits per heavy atom. The molecule has 2 nitrogen and oxygen atoms in total. The lowest BCUT2D eigenvalue weighted by molar-refractivity contribution is 0.277. The summed E-state index contributed by atoms with van der Waals surface area (Å²) in [7, 11) is 4.21. The summed E-state index contributed by atoms with van der Waals surface area (Å²) in [5, 5.41) is 3.20. The molecular weight excluding hydrogens is 196 g/mol. The maximum absolute atomic E-state index is 3.20. The maximum atomic E-state index is 3.20. The van der Waals surface area contributed by atoms with Gasteiger partial charge < -0.3 is 10.2 Å². The van der Waals surface area contributed by atoms with Crippen LogP contribution in [0.15, 0.2) is 0 Å². The van der Waals surface area contributed by atoms with Crippen LogP contribution in [-0.4, -0.2) is 38.1 Å². The summed E-state index contributed by atoms with van der Waals surface area (Å²) in [6.07, 6.45) is 6.76. The molecule has 0 amide bonds. The molecule has 16 heavy (non-hydrogen) atoms. The minimum atomic E-state index is 0.736. The molecule has 2 heteroatoms. The van der Waals surface area contributed by atoms with E-state index in [-0.39, 0.29) is 0 Å². The average Bonchev–Trinajstić information content (AvgIpc) is 2.36. The number of piperidine rings is 1. The summed E-state index contributed by atoms with van der Waals surface area (Å²) in [5.74, 6) is 0. The van der Waals surface area contributed by atoms with Gasteiger partial charge in [0.25, 0.3) is 0 Å². The first-order valence-electron chi connectivity index (χ1n) is 7.10. The zero-order valence-electron chi connectivity index (χ0n) is 12.5.